The predicted molar refractivity (Wildman–Crippen MR) is 260 cm³/mol. The summed E-state index contributed by atoms with van der Waals surface area (Å²) in [6.07, 6.45) is 11.9. The van der Waals surface area contributed by atoms with Crippen molar-refractivity contribution in [2.75, 3.05) is 93.6 Å². The van der Waals surface area contributed by atoms with Gasteiger partial charge in [-0.3, -0.25) is 29.0 Å². The molecule has 67 heavy (non-hydrogen) atoms. The summed E-state index contributed by atoms with van der Waals surface area (Å²) >= 11 is 0. The van der Waals surface area contributed by atoms with Crippen molar-refractivity contribution in [1.82, 2.24) is 44.0 Å². The fourth-order valence-electron chi connectivity index (χ4n) is 10.4. The third-order valence-corrected chi connectivity index (χ3v) is 14.3. The highest BCUT2D eigenvalue weighted by Gasteiger charge is 2.35. The fourth-order valence-corrected chi connectivity index (χ4v) is 10.4. The third-order valence-electron chi connectivity index (χ3n) is 14.3. The molecule has 2 aromatic carbocycles. The molecule has 3 saturated heterocycles. The molecule has 0 unspecified atom stereocenters. The van der Waals surface area contributed by atoms with Crippen molar-refractivity contribution in [3.8, 4) is 5.75 Å². The Morgan fingerprint density at radius 3 is 2.30 bits per heavy atom. The number of aryl methyl sites for hydroxylation is 1. The van der Waals surface area contributed by atoms with Crippen molar-refractivity contribution in [1.29, 1.82) is 0 Å². The number of imide groups is 1. The first-order chi connectivity index (χ1) is 32.6. The fraction of sp³-hybridized carbons (Fsp3) is 0.460. The average Bonchev–Trinajstić information content (AvgIpc) is 4.10. The normalized spacial score (nSPS) is 17.9. The number of piperazine rings is 1. The Morgan fingerprint density at radius 2 is 1.58 bits per heavy atom. The molecule has 10 rings (SSSR count). The number of benzene rings is 2. The van der Waals surface area contributed by atoms with Crippen molar-refractivity contribution in [2.24, 2.45) is 13.0 Å². The summed E-state index contributed by atoms with van der Waals surface area (Å²) in [4.78, 5) is 66.1. The van der Waals surface area contributed by atoms with Crippen LogP contribution < -0.4 is 24.8 Å². The average molecular weight is 908 g/mol. The molecular formula is C50H61N13O4. The molecular weight excluding hydrogens is 847 g/mol. The Labute approximate surface area is 391 Å². The number of nitrogens with one attached hydrogen (secondary N) is 1. The highest BCUT2D eigenvalue weighted by Crippen LogP contribution is 2.36. The molecule has 350 valence electrons. The van der Waals surface area contributed by atoms with Gasteiger partial charge in [-0.15, -0.1) is 0 Å². The molecule has 4 aromatic heterocycles. The second-order valence-corrected chi connectivity index (χ2v) is 18.7. The maximum atomic E-state index is 13.8. The number of piperidine rings is 1. The predicted octanol–water partition coefficient (Wildman–Crippen LogP) is 7.07. The van der Waals surface area contributed by atoms with Crippen LogP contribution in [0.3, 0.4) is 0 Å². The van der Waals surface area contributed by atoms with E-state index < -0.39 is 0 Å². The van der Waals surface area contributed by atoms with Crippen LogP contribution in [0.1, 0.15) is 73.5 Å². The summed E-state index contributed by atoms with van der Waals surface area (Å²) in [5.74, 6) is 2.96. The van der Waals surface area contributed by atoms with E-state index in [1.165, 1.54) is 17.0 Å². The summed E-state index contributed by atoms with van der Waals surface area (Å²) in [6.45, 7) is 7.60. The Bertz CT molecular complexity index is 2750. The Hall–Kier alpha value is -6.75. The minimum atomic E-state index is -0.348. The van der Waals surface area contributed by atoms with Crippen LogP contribution >= 0.6 is 0 Å². The minimum Gasteiger partial charge on any atom is -0.497 e. The number of amides is 4. The smallest absolute Gasteiger partial charge is 0.332 e. The van der Waals surface area contributed by atoms with E-state index >= 15 is 0 Å². The zero-order chi connectivity index (χ0) is 46.2. The Kier molecular flexibility index (Phi) is 12.4. The standard InChI is InChI=1S/C50H61N13O4/c1-56(2)48(65)43-29-36-31-52-49(54-46(36)63(43)37-7-5-6-8-37)53-44-16-12-39(32-51-44)60-27-25-58(26-28-60)21-17-34-18-22-59(23-19-34)38-11-15-41-42(30-38)57(3)55-47(41)61-24-20-45(64)62(50(61)66)33-35-9-13-40(67-4)14-10-35/h9-16,29-32,34,37H,5-8,17-28,33H2,1-4H3,(H,51,52,53,54). The number of pyridine rings is 1. The van der Waals surface area contributed by atoms with Crippen LogP contribution in [0.4, 0.5) is 33.8 Å². The van der Waals surface area contributed by atoms with E-state index in [0.29, 0.717) is 35.7 Å². The molecule has 4 fully saturated rings. The maximum absolute atomic E-state index is 13.8. The number of fused-ring (bicyclic) bond motifs is 2. The van der Waals surface area contributed by atoms with Crippen molar-refractivity contribution in [3.63, 3.8) is 0 Å². The van der Waals surface area contributed by atoms with E-state index in [1.54, 1.807) is 37.2 Å². The van der Waals surface area contributed by atoms with Crippen LogP contribution in [-0.2, 0) is 18.4 Å². The largest absolute Gasteiger partial charge is 0.497 e. The van der Waals surface area contributed by atoms with Crippen LogP contribution in [0.25, 0.3) is 21.9 Å². The second-order valence-electron chi connectivity index (χ2n) is 18.7. The number of hydrogen-bond acceptors (Lipinski definition) is 12. The lowest BCUT2D eigenvalue weighted by Gasteiger charge is -2.38. The molecule has 4 amide bonds. The van der Waals surface area contributed by atoms with Crippen LogP contribution in [0, 0.1) is 5.92 Å². The lowest BCUT2D eigenvalue weighted by Crippen LogP contribution is -2.52. The van der Waals surface area contributed by atoms with Gasteiger partial charge in [-0.25, -0.2) is 14.8 Å². The van der Waals surface area contributed by atoms with E-state index in [-0.39, 0.29) is 36.9 Å². The van der Waals surface area contributed by atoms with Gasteiger partial charge in [0.15, 0.2) is 5.82 Å². The number of carbonyl (C=O) groups is 3. The van der Waals surface area contributed by atoms with Gasteiger partial charge in [-0.1, -0.05) is 25.0 Å². The number of hydrogen-bond donors (Lipinski definition) is 1. The van der Waals surface area contributed by atoms with Gasteiger partial charge in [-0.05, 0) is 98.7 Å². The van der Waals surface area contributed by atoms with Crippen LogP contribution in [-0.4, -0.2) is 135 Å². The molecule has 0 bridgehead atoms. The van der Waals surface area contributed by atoms with Gasteiger partial charge in [-0.2, -0.15) is 10.1 Å². The third kappa shape index (κ3) is 9.08. The van der Waals surface area contributed by atoms with Gasteiger partial charge >= 0.3 is 6.03 Å². The first-order valence-corrected chi connectivity index (χ1v) is 23.9. The topological polar surface area (TPSA) is 153 Å². The summed E-state index contributed by atoms with van der Waals surface area (Å²) in [7, 11) is 7.11. The van der Waals surface area contributed by atoms with Crippen molar-refractivity contribution in [2.45, 2.75) is 64.0 Å². The van der Waals surface area contributed by atoms with Crippen molar-refractivity contribution in [3.05, 3.63) is 84.3 Å². The Balaban J connectivity index is 0.692. The van der Waals surface area contributed by atoms with E-state index in [2.05, 4.69) is 53.8 Å². The summed E-state index contributed by atoms with van der Waals surface area (Å²) in [5.41, 5.74) is 5.56. The van der Waals surface area contributed by atoms with Gasteiger partial charge in [0.05, 0.1) is 31.1 Å². The first-order valence-electron chi connectivity index (χ1n) is 23.9. The SMILES string of the molecule is COc1ccc(CN2C(=O)CCN(c3nn(C)c4cc(N5CCC(CCN6CCN(c7ccc(Nc8ncc9cc(C(=O)N(C)C)n(C%10CCCC%10)c9n8)nc7)CC6)CC5)ccc34)C2=O)cc1. The zero-order valence-electron chi connectivity index (χ0n) is 39.1. The molecule has 7 heterocycles. The zero-order valence-corrected chi connectivity index (χ0v) is 39.1. The molecule has 4 aliphatic rings. The van der Waals surface area contributed by atoms with Crippen LogP contribution in [0.5, 0.6) is 5.75 Å². The van der Waals surface area contributed by atoms with Gasteiger partial charge in [0.25, 0.3) is 5.91 Å². The van der Waals surface area contributed by atoms with E-state index in [9.17, 15) is 14.4 Å². The molecule has 6 aromatic rings. The van der Waals surface area contributed by atoms with Gasteiger partial charge in [0, 0.05) is 102 Å². The monoisotopic (exact) mass is 907 g/mol. The summed E-state index contributed by atoms with van der Waals surface area (Å²) in [5, 5.41) is 9.88. The van der Waals surface area contributed by atoms with Crippen molar-refractivity contribution < 1.29 is 19.1 Å². The summed E-state index contributed by atoms with van der Waals surface area (Å²) < 4.78 is 9.25. The lowest BCUT2D eigenvalue weighted by molar-refractivity contribution is -0.129. The van der Waals surface area contributed by atoms with E-state index in [4.69, 9.17) is 19.8 Å². The number of rotatable bonds is 13. The lowest BCUT2D eigenvalue weighted by atomic mass is 9.93. The number of methoxy groups -OCH3 is 1. The highest BCUT2D eigenvalue weighted by atomic mass is 16.5. The summed E-state index contributed by atoms with van der Waals surface area (Å²) in [6, 6.07) is 19.8. The van der Waals surface area contributed by atoms with Gasteiger partial charge < -0.3 is 29.3 Å². The quantitative estimate of drug-likeness (QED) is 0.126. The van der Waals surface area contributed by atoms with Gasteiger partial charge in [0.2, 0.25) is 11.9 Å². The van der Waals surface area contributed by atoms with Gasteiger partial charge in [0.1, 0.15) is 22.9 Å². The molecule has 1 N–H and O–H groups in total. The molecule has 0 spiro atoms. The molecule has 3 aliphatic heterocycles. The Morgan fingerprint density at radius 1 is 0.836 bits per heavy atom. The molecule has 1 aliphatic carbocycles. The first kappa shape index (κ1) is 44.1. The van der Waals surface area contributed by atoms with E-state index in [0.717, 1.165) is 123 Å². The number of nitrogens with zero attached hydrogens (tertiary/aromatic N) is 12. The molecule has 0 atom stereocenters. The maximum Gasteiger partial charge on any atom is 0.332 e. The molecule has 0 radical (unpaired) electrons. The number of urea groups is 1. The van der Waals surface area contributed by atoms with Crippen LogP contribution in [0.15, 0.2) is 73.1 Å². The highest BCUT2D eigenvalue weighted by molar-refractivity contribution is 6.09. The number of ether oxygens (including phenoxy) is 1. The number of anilines is 5. The minimum absolute atomic E-state index is 0.0195. The van der Waals surface area contributed by atoms with Crippen LogP contribution in [0.2, 0.25) is 0 Å². The molecule has 17 heteroatoms. The molecule has 1 saturated carbocycles. The van der Waals surface area contributed by atoms with Crippen molar-refractivity contribution >= 4 is 68.7 Å². The molecule has 17 nitrogen and oxygen atoms in total. The van der Waals surface area contributed by atoms with E-state index in [1.807, 2.05) is 54.3 Å². The number of aromatic nitrogens is 6. The second kappa shape index (κ2) is 18.9. The number of carbonyl (C=O) groups excluding carboxylic acids is 3.